The summed E-state index contributed by atoms with van der Waals surface area (Å²) in [7, 11) is -9.04. The first-order valence-electron chi connectivity index (χ1n) is 18.6. The third-order valence-corrected chi connectivity index (χ3v) is 13.4. The molecule has 0 saturated carbocycles. The van der Waals surface area contributed by atoms with Crippen LogP contribution in [0.25, 0.3) is 0 Å². The molecule has 5 aliphatic heterocycles. The topological polar surface area (TPSA) is 179 Å². The number of imide groups is 1. The molecule has 0 aliphatic carbocycles. The number of aryl methyl sites for hydroxylation is 1. The Morgan fingerprint density at radius 2 is 1.45 bits per heavy atom. The summed E-state index contributed by atoms with van der Waals surface area (Å²) in [6.07, 6.45) is 16.1. The summed E-state index contributed by atoms with van der Waals surface area (Å²) in [6, 6.07) is 6.50. The van der Waals surface area contributed by atoms with Crippen LogP contribution in [0, 0.1) is 0 Å². The molecule has 5 heterocycles. The Morgan fingerprint density at radius 1 is 0.800 bits per heavy atom. The van der Waals surface area contributed by atoms with Crippen LogP contribution in [0.2, 0.25) is 0 Å². The molecule has 2 aromatic rings. The second-order valence-electron chi connectivity index (χ2n) is 15.5. The third-order valence-electron chi connectivity index (χ3n) is 11.6. The quantitative estimate of drug-likeness (QED) is 0.111. The number of benzene rings is 2. The highest BCUT2D eigenvalue weighted by Crippen LogP contribution is 2.54. The van der Waals surface area contributed by atoms with Gasteiger partial charge < -0.3 is 14.6 Å². The van der Waals surface area contributed by atoms with Crippen LogP contribution in [-0.2, 0) is 63.1 Å². The van der Waals surface area contributed by atoms with Crippen molar-refractivity contribution < 1.29 is 45.2 Å². The van der Waals surface area contributed by atoms with Gasteiger partial charge in [0.25, 0.3) is 32.1 Å². The summed E-state index contributed by atoms with van der Waals surface area (Å²) < 4.78 is 71.0. The van der Waals surface area contributed by atoms with E-state index >= 15 is 0 Å². The Kier molecular flexibility index (Phi) is 9.97. The van der Waals surface area contributed by atoms with E-state index in [-0.39, 0.29) is 29.1 Å². The summed E-state index contributed by atoms with van der Waals surface area (Å²) in [5, 5.41) is 0.537. The Bertz CT molecular complexity index is 2330. The van der Waals surface area contributed by atoms with Crippen molar-refractivity contribution in [1.29, 1.82) is 0 Å². The molecule has 1 saturated heterocycles. The standard InChI is InChI=1S/C40H45N3O10S2/c1-39(2)31(42-23-10-11-26-15-17-29(54(47,48)49)35(39)38(26)42)13-7-4-6-12-28-25-41-24-21-27-16-18-30(55(50,51)52)36(37(27)41)40(28,3)22-9-5-8-14-34(46)53-43-32(44)19-20-33(43)45/h4,6-7,12-13,15-18,25H,5,8-11,14,19-24H2,1-3H3,(H,47,48,49)(H,50,51,52). The number of unbranched alkanes of at least 4 members (excludes halogenated alkanes) is 2. The van der Waals surface area contributed by atoms with E-state index in [2.05, 4.69) is 4.90 Å². The van der Waals surface area contributed by atoms with Crippen LogP contribution >= 0.6 is 0 Å². The molecular formula is C40H45N3O10S2. The van der Waals surface area contributed by atoms with Gasteiger partial charge in [-0.05, 0) is 67.0 Å². The fourth-order valence-electron chi connectivity index (χ4n) is 8.92. The van der Waals surface area contributed by atoms with Crippen molar-refractivity contribution in [3.05, 3.63) is 94.4 Å². The van der Waals surface area contributed by atoms with E-state index in [4.69, 9.17) is 4.84 Å². The number of nitrogens with zero attached hydrogens (tertiary/aromatic N) is 3. The fraction of sp³-hybridized carbons (Fsp3) is 0.425. The monoisotopic (exact) mass is 791 g/mol. The van der Waals surface area contributed by atoms with Crippen LogP contribution in [0.15, 0.2) is 81.9 Å². The largest absolute Gasteiger partial charge is 0.347 e. The Morgan fingerprint density at radius 3 is 2.13 bits per heavy atom. The van der Waals surface area contributed by atoms with Gasteiger partial charge in [0.15, 0.2) is 0 Å². The summed E-state index contributed by atoms with van der Waals surface area (Å²) in [6.45, 7) is 7.24. The van der Waals surface area contributed by atoms with E-state index in [0.29, 0.717) is 61.4 Å². The van der Waals surface area contributed by atoms with Gasteiger partial charge in [0.2, 0.25) is 0 Å². The lowest BCUT2D eigenvalue weighted by Crippen LogP contribution is -2.34. The minimum atomic E-state index is -4.59. The van der Waals surface area contributed by atoms with Crippen molar-refractivity contribution in [3.8, 4) is 0 Å². The summed E-state index contributed by atoms with van der Waals surface area (Å²) in [5.41, 5.74) is 4.98. The van der Waals surface area contributed by atoms with E-state index < -0.39 is 48.8 Å². The van der Waals surface area contributed by atoms with E-state index in [1.54, 1.807) is 12.1 Å². The Balaban J connectivity index is 1.13. The highest BCUT2D eigenvalue weighted by Gasteiger charge is 2.46. The number of anilines is 2. The van der Waals surface area contributed by atoms with E-state index in [1.165, 1.54) is 12.1 Å². The molecule has 55 heavy (non-hydrogen) atoms. The lowest BCUT2D eigenvalue weighted by molar-refractivity contribution is -0.197. The summed E-state index contributed by atoms with van der Waals surface area (Å²) >= 11 is 0. The smallest absolute Gasteiger partial charge is 0.333 e. The molecular weight excluding hydrogens is 747 g/mol. The average molecular weight is 792 g/mol. The zero-order valence-corrected chi connectivity index (χ0v) is 32.7. The number of carbonyl (C=O) groups is 3. The van der Waals surface area contributed by atoms with Gasteiger partial charge in [0, 0.05) is 77.6 Å². The lowest BCUT2D eigenvalue weighted by Gasteiger charge is -2.41. The number of hydrogen-bond donors (Lipinski definition) is 2. The molecule has 13 nitrogen and oxygen atoms in total. The lowest BCUT2D eigenvalue weighted by atomic mass is 9.69. The van der Waals surface area contributed by atoms with Crippen molar-refractivity contribution in [2.24, 2.45) is 0 Å². The van der Waals surface area contributed by atoms with Gasteiger partial charge in [-0.3, -0.25) is 18.7 Å². The number of carbonyl (C=O) groups excluding carboxylic acids is 3. The normalized spacial score (nSPS) is 22.3. The van der Waals surface area contributed by atoms with Gasteiger partial charge in [-0.25, -0.2) is 4.79 Å². The van der Waals surface area contributed by atoms with Crippen molar-refractivity contribution >= 4 is 49.4 Å². The molecule has 7 rings (SSSR count). The first-order chi connectivity index (χ1) is 25.9. The van der Waals surface area contributed by atoms with Crippen LogP contribution < -0.4 is 9.80 Å². The second-order valence-corrected chi connectivity index (χ2v) is 18.3. The molecule has 0 bridgehead atoms. The van der Waals surface area contributed by atoms with Crippen molar-refractivity contribution in [3.63, 3.8) is 0 Å². The number of hydroxylamine groups is 2. The highest BCUT2D eigenvalue weighted by molar-refractivity contribution is 7.86. The zero-order valence-electron chi connectivity index (χ0n) is 31.1. The van der Waals surface area contributed by atoms with Crippen LogP contribution in [0.5, 0.6) is 0 Å². The van der Waals surface area contributed by atoms with E-state index in [1.807, 2.05) is 62.3 Å². The molecule has 0 aromatic heterocycles. The molecule has 1 fully saturated rings. The SMILES string of the molecule is CC1(C)C(=CC=CC=CC2=CN3CCc4ccc(S(=O)(=O)O)c(c43)C2(C)CCCCCC(=O)ON2C(=O)CCC2=O)N2CCCc3ccc(S(=O)(=O)O)c1c32. The summed E-state index contributed by atoms with van der Waals surface area (Å²) in [5.74, 6) is -1.75. The molecule has 2 aromatic carbocycles. The maximum absolute atomic E-state index is 12.8. The summed E-state index contributed by atoms with van der Waals surface area (Å²) in [4.78, 5) is 45.0. The van der Waals surface area contributed by atoms with E-state index in [9.17, 15) is 40.3 Å². The van der Waals surface area contributed by atoms with Gasteiger partial charge >= 0.3 is 5.97 Å². The van der Waals surface area contributed by atoms with Gasteiger partial charge in [-0.15, -0.1) is 5.06 Å². The molecule has 1 atom stereocenters. The maximum Gasteiger partial charge on any atom is 0.333 e. The molecule has 292 valence electrons. The third kappa shape index (κ3) is 6.96. The minimum Gasteiger partial charge on any atom is -0.347 e. The van der Waals surface area contributed by atoms with Crippen molar-refractivity contribution in [2.45, 2.75) is 106 Å². The molecule has 2 N–H and O–H groups in total. The fourth-order valence-corrected chi connectivity index (χ4v) is 10.6. The number of hydrogen-bond acceptors (Lipinski definition) is 10. The number of rotatable bonds is 12. The molecule has 0 spiro atoms. The zero-order chi connectivity index (χ0) is 39.5. The number of allylic oxidation sites excluding steroid dienone is 7. The predicted molar refractivity (Wildman–Crippen MR) is 204 cm³/mol. The van der Waals surface area contributed by atoms with Gasteiger partial charge in [0.1, 0.15) is 9.79 Å². The maximum atomic E-state index is 12.8. The Hall–Kier alpha value is -4.57. The van der Waals surface area contributed by atoms with Gasteiger partial charge in [0.05, 0.1) is 0 Å². The molecule has 2 amide bonds. The molecule has 15 heteroatoms. The van der Waals surface area contributed by atoms with Crippen LogP contribution in [-0.4, -0.2) is 61.9 Å². The average Bonchev–Trinajstić information content (AvgIpc) is 3.74. The van der Waals surface area contributed by atoms with Crippen LogP contribution in [0.4, 0.5) is 11.4 Å². The molecule has 1 unspecified atom stereocenters. The van der Waals surface area contributed by atoms with Gasteiger partial charge in [-0.1, -0.05) is 70.0 Å². The van der Waals surface area contributed by atoms with Crippen LogP contribution in [0.3, 0.4) is 0 Å². The van der Waals surface area contributed by atoms with Gasteiger partial charge in [-0.2, -0.15) is 16.8 Å². The van der Waals surface area contributed by atoms with Crippen molar-refractivity contribution in [2.75, 3.05) is 22.9 Å². The van der Waals surface area contributed by atoms with Crippen molar-refractivity contribution in [1.82, 2.24) is 5.06 Å². The van der Waals surface area contributed by atoms with Crippen LogP contribution in [0.1, 0.15) is 94.4 Å². The molecule has 5 aliphatic rings. The number of amides is 2. The predicted octanol–water partition coefficient (Wildman–Crippen LogP) is 6.00. The van der Waals surface area contributed by atoms with E-state index in [0.717, 1.165) is 46.6 Å². The first kappa shape index (κ1) is 38.7. The highest BCUT2D eigenvalue weighted by atomic mass is 32.2. The molecule has 0 radical (unpaired) electrons. The minimum absolute atomic E-state index is 0.000784. The first-order valence-corrected chi connectivity index (χ1v) is 21.5. The second kappa shape index (κ2) is 14.2. The Labute approximate surface area is 321 Å².